The number of nitrogens with zero attached hydrogens (tertiary/aromatic N) is 2. The zero-order chi connectivity index (χ0) is 20.2. The van der Waals surface area contributed by atoms with Crippen molar-refractivity contribution in [3.8, 4) is 10.8 Å². The molecule has 0 spiro atoms. The fourth-order valence-electron chi connectivity index (χ4n) is 3.35. The summed E-state index contributed by atoms with van der Waals surface area (Å²) in [4.78, 5) is 2.26. The molecule has 4 nitrogen and oxygen atoms in total. The molecule has 3 aromatic heterocycles. The van der Waals surface area contributed by atoms with E-state index in [9.17, 15) is 0 Å². The first-order valence-electron chi connectivity index (χ1n) is 9.85. The first-order chi connectivity index (χ1) is 14.1. The van der Waals surface area contributed by atoms with E-state index in [-0.39, 0.29) is 12.1 Å². The van der Waals surface area contributed by atoms with E-state index in [1.807, 2.05) is 17.5 Å². The highest BCUT2D eigenvalue weighted by Gasteiger charge is 2.22. The monoisotopic (exact) mass is 423 g/mol. The Labute approximate surface area is 179 Å². The highest BCUT2D eigenvalue weighted by molar-refractivity contribution is 7.13. The van der Waals surface area contributed by atoms with Crippen LogP contribution in [0.1, 0.15) is 54.7 Å². The van der Waals surface area contributed by atoms with Gasteiger partial charge < -0.3 is 4.42 Å². The SMILES string of the molecule is CC(C)Cc1ccc([C@@H](N[C@H](C)c2nnc(-c3cccs3)o2)c2cccs2)cc1. The Hall–Kier alpha value is -2.28. The van der Waals surface area contributed by atoms with Gasteiger partial charge in [-0.3, -0.25) is 5.32 Å². The van der Waals surface area contributed by atoms with Crippen LogP contribution < -0.4 is 5.32 Å². The molecule has 1 N–H and O–H groups in total. The maximum Gasteiger partial charge on any atom is 0.257 e. The van der Waals surface area contributed by atoms with E-state index in [0.717, 1.165) is 11.3 Å². The molecule has 4 rings (SSSR count). The summed E-state index contributed by atoms with van der Waals surface area (Å²) in [5, 5.41) is 16.3. The van der Waals surface area contributed by atoms with Crippen molar-refractivity contribution in [2.45, 2.75) is 39.3 Å². The lowest BCUT2D eigenvalue weighted by Gasteiger charge is -2.21. The molecule has 0 bridgehead atoms. The lowest BCUT2D eigenvalue weighted by molar-refractivity contribution is 0.405. The summed E-state index contributed by atoms with van der Waals surface area (Å²) in [7, 11) is 0. The fraction of sp³-hybridized carbons (Fsp3) is 0.304. The lowest BCUT2D eigenvalue weighted by Crippen LogP contribution is -2.25. The van der Waals surface area contributed by atoms with Crippen molar-refractivity contribution in [3.05, 3.63) is 81.2 Å². The minimum atomic E-state index is -0.0707. The van der Waals surface area contributed by atoms with E-state index in [2.05, 4.69) is 78.1 Å². The van der Waals surface area contributed by atoms with Gasteiger partial charge in [-0.05, 0) is 53.3 Å². The van der Waals surface area contributed by atoms with Gasteiger partial charge in [-0.15, -0.1) is 32.9 Å². The Bertz CT molecular complexity index is 1010. The molecule has 150 valence electrons. The van der Waals surface area contributed by atoms with Crippen molar-refractivity contribution in [3.63, 3.8) is 0 Å². The minimum absolute atomic E-state index is 0.0707. The van der Waals surface area contributed by atoms with E-state index in [0.29, 0.717) is 17.7 Å². The van der Waals surface area contributed by atoms with Gasteiger partial charge in [0.2, 0.25) is 5.89 Å². The van der Waals surface area contributed by atoms with Crippen LogP contribution in [0.2, 0.25) is 0 Å². The molecule has 0 saturated heterocycles. The van der Waals surface area contributed by atoms with E-state index in [4.69, 9.17) is 4.42 Å². The van der Waals surface area contributed by atoms with Gasteiger partial charge in [0.1, 0.15) is 0 Å². The number of benzene rings is 1. The Morgan fingerprint density at radius 1 is 0.931 bits per heavy atom. The topological polar surface area (TPSA) is 51.0 Å². The molecule has 6 heteroatoms. The van der Waals surface area contributed by atoms with E-state index in [1.54, 1.807) is 22.7 Å². The third-order valence-corrected chi connectivity index (χ3v) is 6.54. The van der Waals surface area contributed by atoms with Crippen LogP contribution in [0.25, 0.3) is 10.8 Å². The van der Waals surface area contributed by atoms with Gasteiger partial charge in [0.15, 0.2) is 0 Å². The van der Waals surface area contributed by atoms with Crippen molar-refractivity contribution >= 4 is 22.7 Å². The Balaban J connectivity index is 1.55. The predicted octanol–water partition coefficient (Wildman–Crippen LogP) is 6.50. The molecule has 0 aliphatic rings. The summed E-state index contributed by atoms with van der Waals surface area (Å²) in [6, 6.07) is 17.2. The summed E-state index contributed by atoms with van der Waals surface area (Å²) in [6.45, 7) is 6.57. The van der Waals surface area contributed by atoms with Gasteiger partial charge in [-0.2, -0.15) is 0 Å². The normalized spacial score (nSPS) is 13.7. The van der Waals surface area contributed by atoms with Gasteiger partial charge in [-0.1, -0.05) is 50.2 Å². The molecule has 0 fully saturated rings. The first-order valence-corrected chi connectivity index (χ1v) is 11.6. The number of aromatic nitrogens is 2. The quantitative estimate of drug-likeness (QED) is 0.351. The number of thiophene rings is 2. The second-order valence-electron chi connectivity index (χ2n) is 7.60. The van der Waals surface area contributed by atoms with Gasteiger partial charge in [0, 0.05) is 4.88 Å². The zero-order valence-electron chi connectivity index (χ0n) is 16.8. The molecule has 0 unspecified atom stereocenters. The van der Waals surface area contributed by atoms with Crippen molar-refractivity contribution in [2.75, 3.05) is 0 Å². The molecule has 0 aliphatic heterocycles. The predicted molar refractivity (Wildman–Crippen MR) is 120 cm³/mol. The van der Waals surface area contributed by atoms with Crippen molar-refractivity contribution in [1.82, 2.24) is 15.5 Å². The molecule has 2 atom stereocenters. The van der Waals surface area contributed by atoms with E-state index in [1.165, 1.54) is 16.0 Å². The summed E-state index contributed by atoms with van der Waals surface area (Å²) in [5.41, 5.74) is 2.61. The molecule has 0 amide bonds. The molecule has 0 saturated carbocycles. The van der Waals surface area contributed by atoms with Gasteiger partial charge in [0.25, 0.3) is 5.89 Å². The Morgan fingerprint density at radius 2 is 1.69 bits per heavy atom. The van der Waals surface area contributed by atoms with Crippen LogP contribution in [-0.2, 0) is 6.42 Å². The molecular weight excluding hydrogens is 398 g/mol. The molecule has 4 aromatic rings. The van der Waals surface area contributed by atoms with E-state index < -0.39 is 0 Å². The van der Waals surface area contributed by atoms with Crippen LogP contribution in [0.4, 0.5) is 0 Å². The highest BCUT2D eigenvalue weighted by atomic mass is 32.1. The number of nitrogens with one attached hydrogen (secondary N) is 1. The van der Waals surface area contributed by atoms with Crippen LogP contribution >= 0.6 is 22.7 Å². The zero-order valence-corrected chi connectivity index (χ0v) is 18.5. The van der Waals surface area contributed by atoms with Crippen molar-refractivity contribution in [1.29, 1.82) is 0 Å². The smallest absolute Gasteiger partial charge is 0.257 e. The minimum Gasteiger partial charge on any atom is -0.418 e. The third kappa shape index (κ3) is 4.83. The summed E-state index contributed by atoms with van der Waals surface area (Å²) in [6.07, 6.45) is 1.10. The van der Waals surface area contributed by atoms with Crippen LogP contribution in [0.5, 0.6) is 0 Å². The maximum atomic E-state index is 5.94. The number of hydrogen-bond donors (Lipinski definition) is 1. The van der Waals surface area contributed by atoms with Crippen LogP contribution in [-0.4, -0.2) is 10.2 Å². The maximum absolute atomic E-state index is 5.94. The first kappa shape index (κ1) is 20.0. The molecule has 1 aromatic carbocycles. The second kappa shape index (κ2) is 9.03. The molecule has 0 radical (unpaired) electrons. The summed E-state index contributed by atoms with van der Waals surface area (Å²) in [5.74, 6) is 1.84. The van der Waals surface area contributed by atoms with Crippen molar-refractivity contribution in [2.24, 2.45) is 5.92 Å². The Kier molecular flexibility index (Phi) is 6.23. The van der Waals surface area contributed by atoms with Gasteiger partial charge >= 0.3 is 0 Å². The average Bonchev–Trinajstić information content (AvgIpc) is 3.48. The fourth-order valence-corrected chi connectivity index (χ4v) is 4.80. The molecule has 29 heavy (non-hydrogen) atoms. The summed E-state index contributed by atoms with van der Waals surface area (Å²) >= 11 is 3.35. The number of rotatable bonds is 8. The molecule has 3 heterocycles. The highest BCUT2D eigenvalue weighted by Crippen LogP contribution is 2.30. The number of hydrogen-bond acceptors (Lipinski definition) is 6. The van der Waals surface area contributed by atoms with Crippen LogP contribution in [0.3, 0.4) is 0 Å². The van der Waals surface area contributed by atoms with Crippen LogP contribution in [0.15, 0.2) is 63.7 Å². The largest absolute Gasteiger partial charge is 0.418 e. The summed E-state index contributed by atoms with van der Waals surface area (Å²) < 4.78 is 5.94. The van der Waals surface area contributed by atoms with E-state index >= 15 is 0 Å². The van der Waals surface area contributed by atoms with Gasteiger partial charge in [-0.25, -0.2) is 0 Å². The van der Waals surface area contributed by atoms with Crippen LogP contribution in [0, 0.1) is 5.92 Å². The van der Waals surface area contributed by atoms with Crippen molar-refractivity contribution < 1.29 is 4.42 Å². The second-order valence-corrected chi connectivity index (χ2v) is 9.53. The molecule has 0 aliphatic carbocycles. The molecular formula is C23H25N3OS2. The lowest BCUT2D eigenvalue weighted by atomic mass is 9.98. The standard InChI is InChI=1S/C23H25N3OS2/c1-15(2)14-17-8-10-18(11-9-17)21(19-6-4-12-28-19)24-16(3)22-25-26-23(27-22)20-7-5-13-29-20/h4-13,15-16,21,24H,14H2,1-3H3/t16-,21-/m1/s1. The Morgan fingerprint density at radius 3 is 2.34 bits per heavy atom. The average molecular weight is 424 g/mol. The van der Waals surface area contributed by atoms with Gasteiger partial charge in [0.05, 0.1) is 17.0 Å². The third-order valence-electron chi connectivity index (χ3n) is 4.74.